The first-order valence-electron chi connectivity index (χ1n) is 7.90. The van der Waals surface area contributed by atoms with Gasteiger partial charge in [-0.15, -0.1) is 11.3 Å². The second-order valence-electron chi connectivity index (χ2n) is 5.42. The molecule has 0 aliphatic carbocycles. The fraction of sp³-hybridized carbons (Fsp3) is 0.750. The molecular weight excluding hydrogens is 268 g/mol. The van der Waals surface area contributed by atoms with E-state index in [1.807, 2.05) is 11.3 Å². The van der Waals surface area contributed by atoms with Gasteiger partial charge in [0.1, 0.15) is 0 Å². The van der Waals surface area contributed by atoms with Crippen LogP contribution in [0.3, 0.4) is 0 Å². The van der Waals surface area contributed by atoms with Crippen molar-refractivity contribution in [3.8, 4) is 0 Å². The maximum absolute atomic E-state index is 5.50. The highest BCUT2D eigenvalue weighted by Crippen LogP contribution is 2.15. The van der Waals surface area contributed by atoms with E-state index in [0.29, 0.717) is 6.04 Å². The summed E-state index contributed by atoms with van der Waals surface area (Å²) in [5.74, 6) is 0. The molecule has 0 saturated carbocycles. The topological polar surface area (TPSA) is 15.7 Å². The summed E-state index contributed by atoms with van der Waals surface area (Å²) < 4.78 is 5.50. The summed E-state index contributed by atoms with van der Waals surface area (Å²) in [4.78, 5) is 6.75. The normalized spacial score (nSPS) is 21.4. The molecule has 114 valence electrons. The zero-order valence-corrected chi connectivity index (χ0v) is 13.7. The number of hydrogen-bond acceptors (Lipinski definition) is 4. The standard InChI is InChI=1S/C16H28N2OS/c1-3-15-14-17(8-7-16-6-5-13-20-16)9-10-18(15)11-12-19-4-2/h5-6,13,15H,3-4,7-12,14H2,1-2H3/t15-/m1/s1. The largest absolute Gasteiger partial charge is 0.380 e. The first-order chi connectivity index (χ1) is 9.83. The number of ether oxygens (including phenoxy) is 1. The van der Waals surface area contributed by atoms with E-state index in [2.05, 4.69) is 41.2 Å². The van der Waals surface area contributed by atoms with Gasteiger partial charge in [0.2, 0.25) is 0 Å². The lowest BCUT2D eigenvalue weighted by atomic mass is 10.1. The highest BCUT2D eigenvalue weighted by Gasteiger charge is 2.24. The molecule has 20 heavy (non-hydrogen) atoms. The van der Waals surface area contributed by atoms with Gasteiger partial charge in [-0.2, -0.15) is 0 Å². The third kappa shape index (κ3) is 4.85. The Morgan fingerprint density at radius 3 is 2.90 bits per heavy atom. The number of piperazine rings is 1. The number of rotatable bonds is 8. The Labute approximate surface area is 127 Å². The number of thiophene rings is 1. The van der Waals surface area contributed by atoms with Crippen LogP contribution in [0.1, 0.15) is 25.1 Å². The molecule has 0 spiro atoms. The average molecular weight is 296 g/mol. The minimum absolute atomic E-state index is 0.701. The van der Waals surface area contributed by atoms with Gasteiger partial charge < -0.3 is 9.64 Å². The maximum atomic E-state index is 5.50. The summed E-state index contributed by atoms with van der Waals surface area (Å²) in [6.07, 6.45) is 2.44. The second-order valence-corrected chi connectivity index (χ2v) is 6.46. The van der Waals surface area contributed by atoms with Crippen molar-refractivity contribution in [3.05, 3.63) is 22.4 Å². The lowest BCUT2D eigenvalue weighted by Gasteiger charge is -2.41. The fourth-order valence-electron chi connectivity index (χ4n) is 2.89. The van der Waals surface area contributed by atoms with Crippen LogP contribution in [-0.2, 0) is 11.2 Å². The third-order valence-corrected chi connectivity index (χ3v) is 5.08. The molecule has 0 radical (unpaired) electrons. The molecule has 1 aliphatic heterocycles. The summed E-state index contributed by atoms with van der Waals surface area (Å²) in [6, 6.07) is 5.11. The van der Waals surface area contributed by atoms with E-state index in [9.17, 15) is 0 Å². The Kier molecular flexibility index (Phi) is 7.00. The molecule has 4 heteroatoms. The van der Waals surface area contributed by atoms with E-state index < -0.39 is 0 Å². The van der Waals surface area contributed by atoms with E-state index in [-0.39, 0.29) is 0 Å². The van der Waals surface area contributed by atoms with Crippen LogP contribution in [-0.4, -0.2) is 61.8 Å². The van der Waals surface area contributed by atoms with E-state index in [1.54, 1.807) is 0 Å². The SMILES string of the molecule is CCOCCN1CCN(CCc2cccs2)C[C@H]1CC. The van der Waals surface area contributed by atoms with Gasteiger partial charge in [0.05, 0.1) is 6.61 Å². The second kappa shape index (κ2) is 8.78. The smallest absolute Gasteiger partial charge is 0.0593 e. The van der Waals surface area contributed by atoms with E-state index in [4.69, 9.17) is 4.74 Å². The van der Waals surface area contributed by atoms with Crippen molar-refractivity contribution in [2.75, 3.05) is 45.9 Å². The van der Waals surface area contributed by atoms with Gasteiger partial charge in [-0.05, 0) is 31.2 Å². The quantitative estimate of drug-likeness (QED) is 0.686. The molecule has 3 nitrogen and oxygen atoms in total. The number of nitrogens with zero attached hydrogens (tertiary/aromatic N) is 2. The molecule has 0 aromatic carbocycles. The molecule has 1 aliphatic rings. The van der Waals surface area contributed by atoms with Crippen LogP contribution in [0.15, 0.2) is 17.5 Å². The van der Waals surface area contributed by atoms with E-state index >= 15 is 0 Å². The Balaban J connectivity index is 1.73. The third-order valence-electron chi connectivity index (χ3n) is 4.14. The molecule has 1 aromatic rings. The van der Waals surface area contributed by atoms with Gasteiger partial charge in [0, 0.05) is 50.2 Å². The Morgan fingerprint density at radius 1 is 1.30 bits per heavy atom. The first-order valence-corrected chi connectivity index (χ1v) is 8.78. The highest BCUT2D eigenvalue weighted by atomic mass is 32.1. The van der Waals surface area contributed by atoms with Crippen LogP contribution in [0.5, 0.6) is 0 Å². The maximum Gasteiger partial charge on any atom is 0.0593 e. The average Bonchev–Trinajstić information content (AvgIpc) is 2.99. The molecule has 1 atom stereocenters. The monoisotopic (exact) mass is 296 g/mol. The van der Waals surface area contributed by atoms with Gasteiger partial charge in [-0.3, -0.25) is 4.90 Å². The Hall–Kier alpha value is -0.420. The lowest BCUT2D eigenvalue weighted by Crippen LogP contribution is -2.53. The van der Waals surface area contributed by atoms with Crippen LogP contribution >= 0.6 is 11.3 Å². The molecule has 0 unspecified atom stereocenters. The predicted octanol–water partition coefficient (Wildman–Crippen LogP) is 2.72. The minimum Gasteiger partial charge on any atom is -0.380 e. The molecule has 2 heterocycles. The Morgan fingerprint density at radius 2 is 2.20 bits per heavy atom. The Bertz CT molecular complexity index is 355. The van der Waals surface area contributed by atoms with Gasteiger partial charge in [-0.25, -0.2) is 0 Å². The molecule has 2 rings (SSSR count). The molecule has 0 bridgehead atoms. The molecule has 0 N–H and O–H groups in total. The molecular formula is C16H28N2OS. The van der Waals surface area contributed by atoms with Crippen molar-refractivity contribution in [3.63, 3.8) is 0 Å². The summed E-state index contributed by atoms with van der Waals surface area (Å²) in [5, 5.41) is 2.18. The number of hydrogen-bond donors (Lipinski definition) is 0. The van der Waals surface area contributed by atoms with Crippen LogP contribution in [0.4, 0.5) is 0 Å². The summed E-state index contributed by atoms with van der Waals surface area (Å²) in [5.41, 5.74) is 0. The van der Waals surface area contributed by atoms with Crippen molar-refractivity contribution < 1.29 is 4.74 Å². The van der Waals surface area contributed by atoms with E-state index in [0.717, 1.165) is 19.8 Å². The molecule has 0 amide bonds. The van der Waals surface area contributed by atoms with Crippen LogP contribution in [0.25, 0.3) is 0 Å². The summed E-state index contributed by atoms with van der Waals surface area (Å²) in [6.45, 7) is 12.0. The van der Waals surface area contributed by atoms with Crippen LogP contribution in [0.2, 0.25) is 0 Å². The van der Waals surface area contributed by atoms with Crippen LogP contribution in [0, 0.1) is 0 Å². The van der Waals surface area contributed by atoms with Crippen molar-refractivity contribution in [2.24, 2.45) is 0 Å². The van der Waals surface area contributed by atoms with Crippen LogP contribution < -0.4 is 0 Å². The molecule has 1 saturated heterocycles. The van der Waals surface area contributed by atoms with Gasteiger partial charge in [0.15, 0.2) is 0 Å². The van der Waals surface area contributed by atoms with E-state index in [1.165, 1.54) is 43.9 Å². The zero-order valence-electron chi connectivity index (χ0n) is 12.9. The van der Waals surface area contributed by atoms with Gasteiger partial charge in [-0.1, -0.05) is 13.0 Å². The molecule has 1 fully saturated rings. The summed E-state index contributed by atoms with van der Waals surface area (Å²) >= 11 is 1.88. The van der Waals surface area contributed by atoms with Crippen molar-refractivity contribution in [1.82, 2.24) is 9.80 Å². The lowest BCUT2D eigenvalue weighted by molar-refractivity contribution is 0.0418. The fourth-order valence-corrected chi connectivity index (χ4v) is 3.59. The predicted molar refractivity (Wildman–Crippen MR) is 86.6 cm³/mol. The molecule has 1 aromatic heterocycles. The van der Waals surface area contributed by atoms with Crippen molar-refractivity contribution >= 4 is 11.3 Å². The first kappa shape index (κ1) is 16.0. The zero-order chi connectivity index (χ0) is 14.2. The van der Waals surface area contributed by atoms with Gasteiger partial charge >= 0.3 is 0 Å². The van der Waals surface area contributed by atoms with Crippen molar-refractivity contribution in [2.45, 2.75) is 32.7 Å². The van der Waals surface area contributed by atoms with Gasteiger partial charge in [0.25, 0.3) is 0 Å². The minimum atomic E-state index is 0.701. The highest BCUT2D eigenvalue weighted by molar-refractivity contribution is 7.09. The van der Waals surface area contributed by atoms with Crippen molar-refractivity contribution in [1.29, 1.82) is 0 Å². The summed E-state index contributed by atoms with van der Waals surface area (Å²) in [7, 11) is 0.